The number of thioether (sulfide) groups is 1. The maximum atomic E-state index is 13.2. The number of aromatic carboxylic acids is 1. The van der Waals surface area contributed by atoms with Gasteiger partial charge in [-0.25, -0.2) is 9.79 Å². The molecular weight excluding hydrogens is 631 g/mol. The number of benzene rings is 3. The van der Waals surface area contributed by atoms with Gasteiger partial charge in [-0.05, 0) is 114 Å². The highest BCUT2D eigenvalue weighted by Crippen LogP contribution is 2.38. The monoisotopic (exact) mass is 658 g/mol. The Labute approximate surface area is 244 Å². The first-order chi connectivity index (χ1) is 18.8. The quantitative estimate of drug-likeness (QED) is 0.194. The maximum Gasteiger partial charge on any atom is 0.335 e. The van der Waals surface area contributed by atoms with E-state index in [-0.39, 0.29) is 18.1 Å². The molecule has 0 radical (unpaired) electrons. The number of hydrogen-bond acceptors (Lipinski definition) is 7. The number of carboxylic acids is 1. The van der Waals surface area contributed by atoms with Crippen LogP contribution in [0.1, 0.15) is 35.3 Å². The lowest BCUT2D eigenvalue weighted by atomic mass is 10.1. The SMILES string of the molecule is CCOc1cc(/C=C2/SC(=Nc3ccc(OC)cc3)N(CC)C2=O)cc(I)c1OCc1cccc(C(=O)O)c1. The average Bonchev–Trinajstić information content (AvgIpc) is 3.22. The number of aliphatic imine (C=N–C) groups is 1. The van der Waals surface area contributed by atoms with Gasteiger partial charge < -0.3 is 19.3 Å². The first kappa shape index (κ1) is 28.5. The number of carbonyl (C=O) groups excluding carboxylic acids is 1. The zero-order valence-electron chi connectivity index (χ0n) is 21.6. The number of ether oxygens (including phenoxy) is 3. The summed E-state index contributed by atoms with van der Waals surface area (Å²) in [4.78, 5) is 31.4. The lowest BCUT2D eigenvalue weighted by Crippen LogP contribution is -2.28. The van der Waals surface area contributed by atoms with Crippen LogP contribution in [-0.4, -0.2) is 47.3 Å². The number of methoxy groups -OCH3 is 1. The van der Waals surface area contributed by atoms with Crippen LogP contribution in [0.5, 0.6) is 17.2 Å². The van der Waals surface area contributed by atoms with E-state index in [4.69, 9.17) is 14.2 Å². The summed E-state index contributed by atoms with van der Waals surface area (Å²) >= 11 is 3.50. The van der Waals surface area contributed by atoms with Gasteiger partial charge in [0, 0.05) is 6.54 Å². The van der Waals surface area contributed by atoms with Gasteiger partial charge in [0.05, 0.1) is 33.4 Å². The van der Waals surface area contributed by atoms with Gasteiger partial charge in [-0.15, -0.1) is 0 Å². The van der Waals surface area contributed by atoms with Gasteiger partial charge in [0.25, 0.3) is 5.91 Å². The Morgan fingerprint density at radius 1 is 1.10 bits per heavy atom. The molecule has 3 aromatic carbocycles. The molecule has 3 aromatic rings. The standard InChI is InChI=1S/C29H27IN2O6S/c1-4-32-27(33)25(39-29(32)31-21-9-11-22(36-3)12-10-21)16-19-14-23(30)26(24(15-19)37-5-2)38-17-18-7-6-8-20(13-18)28(34)35/h6-16H,4-5,17H2,1-3H3,(H,34,35)/b25-16+,31-29?. The third kappa shape index (κ3) is 6.93. The fourth-order valence-corrected chi connectivity index (χ4v) is 5.66. The van der Waals surface area contributed by atoms with Gasteiger partial charge in [0.1, 0.15) is 12.4 Å². The molecule has 1 saturated heterocycles. The number of amides is 1. The molecule has 0 bridgehead atoms. The van der Waals surface area contributed by atoms with E-state index in [9.17, 15) is 14.7 Å². The Hall–Kier alpha value is -3.51. The largest absolute Gasteiger partial charge is 0.497 e. The van der Waals surface area contributed by atoms with E-state index >= 15 is 0 Å². The molecule has 1 aliphatic heterocycles. The predicted molar refractivity (Wildman–Crippen MR) is 161 cm³/mol. The van der Waals surface area contributed by atoms with Crippen LogP contribution in [0.4, 0.5) is 5.69 Å². The first-order valence-electron chi connectivity index (χ1n) is 12.2. The second-order valence-electron chi connectivity index (χ2n) is 8.31. The number of amidine groups is 1. The van der Waals surface area contributed by atoms with E-state index < -0.39 is 5.97 Å². The fraction of sp³-hybridized carbons (Fsp3) is 0.207. The molecule has 1 N–H and O–H groups in total. The Kier molecular flexibility index (Phi) is 9.52. The Morgan fingerprint density at radius 2 is 1.87 bits per heavy atom. The second-order valence-corrected chi connectivity index (χ2v) is 10.5. The van der Waals surface area contributed by atoms with Crippen LogP contribution in [0.15, 0.2) is 70.6 Å². The molecule has 8 nitrogen and oxygen atoms in total. The molecule has 1 amide bonds. The predicted octanol–water partition coefficient (Wildman–Crippen LogP) is 6.60. The van der Waals surface area contributed by atoms with Crippen molar-refractivity contribution in [3.63, 3.8) is 0 Å². The van der Waals surface area contributed by atoms with E-state index in [1.54, 1.807) is 30.2 Å². The molecule has 1 fully saturated rings. The summed E-state index contributed by atoms with van der Waals surface area (Å²) in [6, 6.07) is 17.7. The lowest BCUT2D eigenvalue weighted by Gasteiger charge is -2.15. The minimum atomic E-state index is -0.989. The third-order valence-electron chi connectivity index (χ3n) is 5.69. The van der Waals surface area contributed by atoms with Crippen molar-refractivity contribution in [1.82, 2.24) is 4.90 Å². The Morgan fingerprint density at radius 3 is 2.54 bits per heavy atom. The topological polar surface area (TPSA) is 97.7 Å². The molecule has 39 heavy (non-hydrogen) atoms. The smallest absolute Gasteiger partial charge is 0.335 e. The molecule has 0 saturated carbocycles. The van der Waals surface area contributed by atoms with Crippen molar-refractivity contribution in [2.24, 2.45) is 4.99 Å². The molecule has 1 heterocycles. The summed E-state index contributed by atoms with van der Waals surface area (Å²) in [5.74, 6) is 0.740. The van der Waals surface area contributed by atoms with Crippen LogP contribution in [0.3, 0.4) is 0 Å². The van der Waals surface area contributed by atoms with Crippen molar-refractivity contribution < 1.29 is 28.9 Å². The summed E-state index contributed by atoms with van der Waals surface area (Å²) in [6.45, 7) is 4.91. The number of likely N-dealkylation sites (N-methyl/N-ethyl adjacent to an activating group) is 1. The number of carboxylic acid groups (broad SMARTS) is 1. The minimum absolute atomic E-state index is 0.110. The summed E-state index contributed by atoms with van der Waals surface area (Å²) in [7, 11) is 1.61. The molecule has 0 aliphatic carbocycles. The van der Waals surface area contributed by atoms with Crippen molar-refractivity contribution in [3.8, 4) is 17.2 Å². The summed E-state index contributed by atoms with van der Waals surface area (Å²) in [6.07, 6.45) is 1.83. The van der Waals surface area contributed by atoms with Crippen LogP contribution in [0, 0.1) is 3.57 Å². The molecule has 0 aromatic heterocycles. The van der Waals surface area contributed by atoms with Crippen LogP contribution < -0.4 is 14.2 Å². The van der Waals surface area contributed by atoms with E-state index in [1.807, 2.05) is 62.4 Å². The van der Waals surface area contributed by atoms with Gasteiger partial charge in [0.15, 0.2) is 16.7 Å². The highest BCUT2D eigenvalue weighted by molar-refractivity contribution is 14.1. The van der Waals surface area contributed by atoms with Crippen molar-refractivity contribution in [3.05, 3.63) is 85.8 Å². The van der Waals surface area contributed by atoms with Crippen LogP contribution >= 0.6 is 34.4 Å². The van der Waals surface area contributed by atoms with Crippen molar-refractivity contribution in [2.45, 2.75) is 20.5 Å². The number of hydrogen-bond donors (Lipinski definition) is 1. The highest BCUT2D eigenvalue weighted by atomic mass is 127. The van der Waals surface area contributed by atoms with Crippen molar-refractivity contribution >= 4 is 63.2 Å². The highest BCUT2D eigenvalue weighted by Gasteiger charge is 2.32. The van der Waals surface area contributed by atoms with E-state index in [2.05, 4.69) is 27.6 Å². The average molecular weight is 659 g/mol. The van der Waals surface area contributed by atoms with Gasteiger partial charge >= 0.3 is 5.97 Å². The van der Waals surface area contributed by atoms with Gasteiger partial charge in [0.2, 0.25) is 0 Å². The van der Waals surface area contributed by atoms with Crippen LogP contribution in [0.25, 0.3) is 6.08 Å². The molecular formula is C29H27IN2O6S. The van der Waals surface area contributed by atoms with Crippen LogP contribution in [-0.2, 0) is 11.4 Å². The van der Waals surface area contributed by atoms with Gasteiger partial charge in [-0.3, -0.25) is 9.69 Å². The summed E-state index contributed by atoms with van der Waals surface area (Å²) in [5, 5.41) is 9.87. The Bertz CT molecular complexity index is 1440. The summed E-state index contributed by atoms with van der Waals surface area (Å²) < 4.78 is 17.9. The fourth-order valence-electron chi connectivity index (χ4n) is 3.81. The number of nitrogens with zero attached hydrogens (tertiary/aromatic N) is 2. The molecule has 202 valence electrons. The second kappa shape index (κ2) is 13.0. The number of carbonyl (C=O) groups is 2. The molecule has 10 heteroatoms. The van der Waals surface area contributed by atoms with E-state index in [1.165, 1.54) is 11.8 Å². The van der Waals surface area contributed by atoms with E-state index in [0.717, 1.165) is 26.1 Å². The normalized spacial score (nSPS) is 15.2. The van der Waals surface area contributed by atoms with Crippen molar-refractivity contribution in [1.29, 1.82) is 0 Å². The zero-order chi connectivity index (χ0) is 27.9. The first-order valence-corrected chi connectivity index (χ1v) is 14.1. The lowest BCUT2D eigenvalue weighted by molar-refractivity contribution is -0.122. The van der Waals surface area contributed by atoms with Gasteiger partial charge in [-0.2, -0.15) is 0 Å². The summed E-state index contributed by atoms with van der Waals surface area (Å²) in [5.41, 5.74) is 2.46. The van der Waals surface area contributed by atoms with Gasteiger partial charge in [-0.1, -0.05) is 12.1 Å². The molecule has 0 spiro atoms. The van der Waals surface area contributed by atoms with E-state index in [0.29, 0.717) is 34.7 Å². The maximum absolute atomic E-state index is 13.2. The molecule has 0 atom stereocenters. The number of halogens is 1. The minimum Gasteiger partial charge on any atom is -0.497 e. The van der Waals surface area contributed by atoms with Crippen LogP contribution in [0.2, 0.25) is 0 Å². The molecule has 4 rings (SSSR count). The molecule has 1 aliphatic rings. The third-order valence-corrected chi connectivity index (χ3v) is 7.50. The number of rotatable bonds is 10. The Balaban J connectivity index is 1.59. The molecule has 0 unspecified atom stereocenters. The zero-order valence-corrected chi connectivity index (χ0v) is 24.6. The van der Waals surface area contributed by atoms with Crippen molar-refractivity contribution in [2.75, 3.05) is 20.3 Å².